The summed E-state index contributed by atoms with van der Waals surface area (Å²) < 4.78 is 15.5. The number of carbonyl (C=O) groups excluding carboxylic acids is 2. The van der Waals surface area contributed by atoms with Crippen molar-refractivity contribution in [3.05, 3.63) is 82.3 Å². The summed E-state index contributed by atoms with van der Waals surface area (Å²) in [6.45, 7) is 3.83. The maximum absolute atomic E-state index is 14.5. The van der Waals surface area contributed by atoms with Crippen LogP contribution in [0.25, 0.3) is 16.8 Å². The second kappa shape index (κ2) is 7.82. The zero-order chi connectivity index (χ0) is 22.1. The number of fused-ring (bicyclic) bond motifs is 1. The van der Waals surface area contributed by atoms with E-state index in [4.69, 9.17) is 0 Å². The maximum atomic E-state index is 14.5. The normalized spacial score (nSPS) is 12.6. The molecule has 2 N–H and O–H groups in total. The number of anilines is 1. The molecule has 4 rings (SSSR count). The minimum absolute atomic E-state index is 0.0754. The number of hydrogen-bond acceptors (Lipinski definition) is 5. The van der Waals surface area contributed by atoms with E-state index < -0.39 is 22.5 Å². The van der Waals surface area contributed by atoms with Crippen LogP contribution >= 0.6 is 0 Å². The van der Waals surface area contributed by atoms with E-state index >= 15 is 0 Å². The van der Waals surface area contributed by atoms with E-state index in [1.54, 1.807) is 18.2 Å². The number of hydrogen-bond donors (Lipinski definition) is 2. The molecule has 2 aromatic carbocycles. The molecule has 0 saturated carbocycles. The number of nitrogens with one attached hydrogen (secondary N) is 2. The lowest BCUT2D eigenvalue weighted by Crippen LogP contribution is -2.31. The third kappa shape index (κ3) is 3.78. The van der Waals surface area contributed by atoms with Crippen molar-refractivity contribution in [3.63, 3.8) is 0 Å². The minimum atomic E-state index is -0.678. The van der Waals surface area contributed by atoms with Crippen LogP contribution in [0.15, 0.2) is 55.3 Å². The fourth-order valence-corrected chi connectivity index (χ4v) is 3.38. The van der Waals surface area contributed by atoms with Gasteiger partial charge in [-0.05, 0) is 58.9 Å². The summed E-state index contributed by atoms with van der Waals surface area (Å²) in [6, 6.07) is 8.70. The van der Waals surface area contributed by atoms with Gasteiger partial charge in [-0.3, -0.25) is 9.59 Å². The molecule has 156 valence electrons. The highest BCUT2D eigenvalue weighted by atomic mass is 19.1. The lowest BCUT2D eigenvalue weighted by Gasteiger charge is -2.16. The number of nitro groups is 1. The average molecular weight is 421 g/mol. The van der Waals surface area contributed by atoms with Crippen molar-refractivity contribution in [3.8, 4) is 16.8 Å². The van der Waals surface area contributed by atoms with Crippen molar-refractivity contribution in [2.75, 3.05) is 11.9 Å². The van der Waals surface area contributed by atoms with E-state index in [0.29, 0.717) is 24.1 Å². The predicted molar refractivity (Wildman–Crippen MR) is 110 cm³/mol. The summed E-state index contributed by atoms with van der Waals surface area (Å²) in [5.74, 6) is -1.82. The first kappa shape index (κ1) is 20.0. The monoisotopic (exact) mass is 421 g/mol. The Bertz CT molecular complexity index is 1250. The van der Waals surface area contributed by atoms with Gasteiger partial charge in [-0.25, -0.2) is 4.39 Å². The van der Waals surface area contributed by atoms with Gasteiger partial charge in [-0.15, -0.1) is 4.68 Å². The van der Waals surface area contributed by atoms with Crippen LogP contribution in [0, 0.1) is 15.9 Å². The van der Waals surface area contributed by atoms with Crippen LogP contribution in [0.4, 0.5) is 15.9 Å². The fraction of sp³-hybridized carbons (Fsp3) is 0.0952. The minimum Gasteiger partial charge on any atom is -0.358 e. The summed E-state index contributed by atoms with van der Waals surface area (Å²) >= 11 is 0. The highest BCUT2D eigenvalue weighted by molar-refractivity contribution is 5.99. The smallest absolute Gasteiger partial charge is 0.358 e. The molecule has 10 heteroatoms. The first-order valence-corrected chi connectivity index (χ1v) is 9.26. The Balaban J connectivity index is 1.80. The second-order valence-electron chi connectivity index (χ2n) is 6.81. The van der Waals surface area contributed by atoms with Gasteiger partial charge in [0.15, 0.2) is 5.82 Å². The molecule has 0 atom stereocenters. The fourth-order valence-electron chi connectivity index (χ4n) is 3.38. The molecular weight excluding hydrogens is 405 g/mol. The number of amides is 2. The third-order valence-corrected chi connectivity index (χ3v) is 4.85. The van der Waals surface area contributed by atoms with Gasteiger partial charge in [0.05, 0.1) is 11.3 Å². The summed E-state index contributed by atoms with van der Waals surface area (Å²) in [4.78, 5) is 34.4. The van der Waals surface area contributed by atoms with Crippen molar-refractivity contribution in [2.45, 2.75) is 6.42 Å². The third-order valence-electron chi connectivity index (χ3n) is 4.85. The Morgan fingerprint density at radius 2 is 2.10 bits per heavy atom. The lowest BCUT2D eigenvalue weighted by atomic mass is 9.96. The van der Waals surface area contributed by atoms with Gasteiger partial charge in [-0.2, -0.15) is 0 Å². The summed E-state index contributed by atoms with van der Waals surface area (Å²) in [6.07, 6.45) is 3.01. The molecule has 1 aromatic heterocycles. The molecule has 0 spiro atoms. The number of aromatic nitrogens is 2. The van der Waals surface area contributed by atoms with E-state index in [1.165, 1.54) is 18.3 Å². The van der Waals surface area contributed by atoms with Crippen LogP contribution in [-0.4, -0.2) is 33.1 Å². The molecule has 2 amide bonds. The van der Waals surface area contributed by atoms with Crippen LogP contribution in [0.1, 0.15) is 15.9 Å². The van der Waals surface area contributed by atoms with Crippen molar-refractivity contribution >= 4 is 23.3 Å². The van der Waals surface area contributed by atoms with Gasteiger partial charge in [0.2, 0.25) is 5.91 Å². The molecule has 3 aromatic rings. The van der Waals surface area contributed by atoms with E-state index in [2.05, 4.69) is 22.3 Å². The van der Waals surface area contributed by atoms with E-state index in [0.717, 1.165) is 22.4 Å². The molecule has 0 aliphatic carbocycles. The van der Waals surface area contributed by atoms with Gasteiger partial charge in [0, 0.05) is 17.8 Å². The van der Waals surface area contributed by atoms with E-state index in [9.17, 15) is 24.1 Å². The molecule has 0 radical (unpaired) electrons. The Kier molecular flexibility index (Phi) is 5.04. The highest BCUT2D eigenvalue weighted by Crippen LogP contribution is 2.32. The zero-order valence-corrected chi connectivity index (χ0v) is 16.1. The van der Waals surface area contributed by atoms with Gasteiger partial charge < -0.3 is 20.7 Å². The molecule has 1 aliphatic heterocycles. The van der Waals surface area contributed by atoms with Gasteiger partial charge in [0.1, 0.15) is 11.3 Å². The van der Waals surface area contributed by atoms with Crippen molar-refractivity contribution in [1.29, 1.82) is 0 Å². The van der Waals surface area contributed by atoms with E-state index in [1.807, 2.05) is 0 Å². The van der Waals surface area contributed by atoms with Crippen molar-refractivity contribution in [1.82, 2.24) is 15.1 Å². The van der Waals surface area contributed by atoms with Crippen LogP contribution < -0.4 is 10.6 Å². The predicted octanol–water partition coefficient (Wildman–Crippen LogP) is 3.00. The van der Waals surface area contributed by atoms with Crippen LogP contribution in [0.3, 0.4) is 0 Å². The first-order valence-electron chi connectivity index (χ1n) is 9.26. The van der Waals surface area contributed by atoms with Gasteiger partial charge in [-0.1, -0.05) is 12.6 Å². The lowest BCUT2D eigenvalue weighted by molar-refractivity contribution is -0.389. The summed E-state index contributed by atoms with van der Waals surface area (Å²) in [7, 11) is 0. The largest absolute Gasteiger partial charge is 0.398 e. The van der Waals surface area contributed by atoms with Gasteiger partial charge >= 0.3 is 5.82 Å². The Labute approximate surface area is 175 Å². The second-order valence-corrected chi connectivity index (χ2v) is 6.81. The molecule has 9 nitrogen and oxygen atoms in total. The number of halogens is 1. The Morgan fingerprint density at radius 1 is 1.29 bits per heavy atom. The summed E-state index contributed by atoms with van der Waals surface area (Å²) in [5.41, 5.74) is 2.15. The molecule has 0 bridgehead atoms. The summed E-state index contributed by atoms with van der Waals surface area (Å²) in [5, 5.41) is 20.8. The molecule has 1 aliphatic rings. The number of rotatable bonds is 5. The number of nitrogens with zero attached hydrogens (tertiary/aromatic N) is 3. The molecule has 2 heterocycles. The molecular formula is C21H16FN5O4. The Hall–Kier alpha value is -4.34. The van der Waals surface area contributed by atoms with Gasteiger partial charge in [0.25, 0.3) is 5.91 Å². The molecule has 31 heavy (non-hydrogen) atoms. The average Bonchev–Trinajstić information content (AvgIpc) is 3.20. The number of carbonyl (C=O) groups is 2. The zero-order valence-electron chi connectivity index (χ0n) is 16.1. The van der Waals surface area contributed by atoms with Crippen LogP contribution in [0.5, 0.6) is 0 Å². The van der Waals surface area contributed by atoms with Crippen LogP contribution in [-0.2, 0) is 11.2 Å². The highest BCUT2D eigenvalue weighted by Gasteiger charge is 2.26. The van der Waals surface area contributed by atoms with E-state index in [-0.39, 0.29) is 22.8 Å². The topological polar surface area (TPSA) is 119 Å². The first-order chi connectivity index (χ1) is 14.9. The SMILES string of the molecule is C=CC(=O)Nc1ccc(F)c(-n2cc(-c3ccc4c(c3)CCNC4=O)c([N+](=O)[O-])n2)c1. The standard InChI is InChI=1S/C21H16FN5O4/c1-2-19(28)24-14-4-6-17(22)18(10-14)26-11-16(20(25-26)27(30)31)12-3-5-15-13(9-12)7-8-23-21(15)29/h2-6,9-11H,1,7-8H2,(H,23,29)(H,24,28). The van der Waals surface area contributed by atoms with Crippen LogP contribution in [0.2, 0.25) is 0 Å². The van der Waals surface area contributed by atoms with Crippen molar-refractivity contribution < 1.29 is 18.9 Å². The number of benzene rings is 2. The van der Waals surface area contributed by atoms with Crippen molar-refractivity contribution in [2.24, 2.45) is 0 Å². The molecule has 0 fully saturated rings. The maximum Gasteiger partial charge on any atom is 0.398 e. The molecule has 0 saturated heterocycles. The Morgan fingerprint density at radius 3 is 2.84 bits per heavy atom. The molecule has 0 unspecified atom stereocenters. The quantitative estimate of drug-likeness (QED) is 0.373.